The number of amides is 2. The molecule has 0 aliphatic carbocycles. The number of carboxylic acids is 1. The molecule has 1 aromatic rings. The first kappa shape index (κ1) is 14.3. The maximum Gasteiger partial charge on any atom is 0.305 e. The van der Waals surface area contributed by atoms with E-state index < -0.39 is 17.1 Å². The predicted octanol–water partition coefficient (Wildman–Crippen LogP) is 2.51. The molecule has 1 saturated heterocycles. The third-order valence-corrected chi connectivity index (χ3v) is 3.67. The fraction of sp³-hybridized carbons (Fsp3) is 0.214. The highest BCUT2D eigenvalue weighted by molar-refractivity contribution is 8.18. The zero-order valence-electron chi connectivity index (χ0n) is 10.8. The monoisotopic (exact) mass is 291 g/mol. The Bertz CT molecular complexity index is 609. The van der Waals surface area contributed by atoms with Crippen molar-refractivity contribution in [2.24, 2.45) is 0 Å². The first-order valence-corrected chi connectivity index (χ1v) is 6.83. The Morgan fingerprint density at radius 3 is 2.80 bits per heavy atom. The van der Waals surface area contributed by atoms with Crippen LogP contribution in [-0.4, -0.2) is 33.7 Å². The fourth-order valence-electron chi connectivity index (χ4n) is 1.81. The van der Waals surface area contributed by atoms with Crippen molar-refractivity contribution < 1.29 is 19.5 Å². The van der Waals surface area contributed by atoms with Crippen LogP contribution in [0.15, 0.2) is 29.2 Å². The molecular weight excluding hydrogens is 278 g/mol. The minimum absolute atomic E-state index is 0.0921. The van der Waals surface area contributed by atoms with E-state index >= 15 is 0 Å². The van der Waals surface area contributed by atoms with Crippen molar-refractivity contribution in [1.29, 1.82) is 0 Å². The van der Waals surface area contributed by atoms with E-state index in [-0.39, 0.29) is 13.0 Å². The third-order valence-electron chi connectivity index (χ3n) is 2.76. The van der Waals surface area contributed by atoms with Crippen molar-refractivity contribution in [1.82, 2.24) is 4.90 Å². The minimum Gasteiger partial charge on any atom is -0.481 e. The smallest absolute Gasteiger partial charge is 0.305 e. The average Bonchev–Trinajstić information content (AvgIpc) is 2.62. The summed E-state index contributed by atoms with van der Waals surface area (Å²) in [5, 5.41) is 8.19. The van der Waals surface area contributed by atoms with E-state index in [0.29, 0.717) is 4.91 Å². The average molecular weight is 291 g/mol. The van der Waals surface area contributed by atoms with Gasteiger partial charge in [-0.3, -0.25) is 19.3 Å². The van der Waals surface area contributed by atoms with Gasteiger partial charge in [0, 0.05) is 6.54 Å². The topological polar surface area (TPSA) is 74.7 Å². The molecule has 0 radical (unpaired) electrons. The number of aliphatic carboxylic acids is 1. The highest BCUT2D eigenvalue weighted by Crippen LogP contribution is 2.32. The maximum atomic E-state index is 12.0. The van der Waals surface area contributed by atoms with Gasteiger partial charge in [0.1, 0.15) is 0 Å². The van der Waals surface area contributed by atoms with Gasteiger partial charge in [0.25, 0.3) is 11.1 Å². The van der Waals surface area contributed by atoms with Crippen LogP contribution in [0.5, 0.6) is 0 Å². The molecule has 1 aliphatic rings. The van der Waals surface area contributed by atoms with Gasteiger partial charge in [0.05, 0.1) is 11.3 Å². The summed E-state index contributed by atoms with van der Waals surface area (Å²) in [5.74, 6) is -1.46. The Hall–Kier alpha value is -2.08. The molecular formula is C14H13NO4S. The maximum absolute atomic E-state index is 12.0. The highest BCUT2D eigenvalue weighted by atomic mass is 32.2. The zero-order chi connectivity index (χ0) is 14.7. The number of nitrogens with zero attached hydrogens (tertiary/aromatic N) is 1. The minimum atomic E-state index is -1.04. The second-order valence-corrected chi connectivity index (χ2v) is 5.38. The highest BCUT2D eigenvalue weighted by Gasteiger charge is 2.34. The van der Waals surface area contributed by atoms with Gasteiger partial charge in [0.15, 0.2) is 0 Å². The number of benzene rings is 1. The Morgan fingerprint density at radius 2 is 2.15 bits per heavy atom. The molecule has 20 heavy (non-hydrogen) atoms. The molecule has 1 heterocycles. The summed E-state index contributed by atoms with van der Waals surface area (Å²) in [6.07, 6.45) is 1.41. The number of rotatable bonds is 4. The molecule has 0 unspecified atom stereocenters. The lowest BCUT2D eigenvalue weighted by molar-refractivity contribution is -0.137. The molecule has 6 heteroatoms. The lowest BCUT2D eigenvalue weighted by atomic mass is 10.1. The fourth-order valence-corrected chi connectivity index (χ4v) is 2.68. The molecule has 2 amide bonds. The number of carboxylic acid groups (broad SMARTS) is 1. The van der Waals surface area contributed by atoms with Crippen LogP contribution in [0.25, 0.3) is 6.08 Å². The number of imide groups is 1. The van der Waals surface area contributed by atoms with Crippen molar-refractivity contribution in [3.8, 4) is 0 Å². The van der Waals surface area contributed by atoms with E-state index in [1.54, 1.807) is 6.08 Å². The van der Waals surface area contributed by atoms with Crippen molar-refractivity contribution >= 4 is 35.0 Å². The van der Waals surface area contributed by atoms with Gasteiger partial charge in [-0.25, -0.2) is 0 Å². The van der Waals surface area contributed by atoms with Gasteiger partial charge >= 0.3 is 5.97 Å². The van der Waals surface area contributed by atoms with Crippen LogP contribution >= 0.6 is 11.8 Å². The standard InChI is InChI=1S/C14H13NO4S/c1-9-3-2-4-10(7-9)8-11-13(18)15(14(19)20-11)6-5-12(16)17/h2-4,7-8H,5-6H2,1H3,(H,16,17)/b11-8-. The van der Waals surface area contributed by atoms with Gasteiger partial charge < -0.3 is 5.11 Å². The molecule has 5 nitrogen and oxygen atoms in total. The molecule has 0 bridgehead atoms. The van der Waals surface area contributed by atoms with Crippen molar-refractivity contribution in [3.63, 3.8) is 0 Å². The number of hydrogen-bond acceptors (Lipinski definition) is 4. The Morgan fingerprint density at radius 1 is 1.40 bits per heavy atom. The lowest BCUT2D eigenvalue weighted by Crippen LogP contribution is -2.30. The van der Waals surface area contributed by atoms with Gasteiger partial charge in [-0.05, 0) is 30.3 Å². The molecule has 104 valence electrons. The molecule has 1 aliphatic heterocycles. The second kappa shape index (κ2) is 5.92. The number of carbonyl (C=O) groups is 3. The van der Waals surface area contributed by atoms with E-state index in [1.807, 2.05) is 31.2 Å². The molecule has 0 spiro atoms. The zero-order valence-corrected chi connectivity index (χ0v) is 11.6. The van der Waals surface area contributed by atoms with Crippen molar-refractivity contribution in [3.05, 3.63) is 40.3 Å². The second-order valence-electron chi connectivity index (χ2n) is 4.39. The largest absolute Gasteiger partial charge is 0.481 e. The molecule has 1 fully saturated rings. The third kappa shape index (κ3) is 3.27. The summed E-state index contributed by atoms with van der Waals surface area (Å²) >= 11 is 0.840. The Kier molecular flexibility index (Phi) is 4.24. The van der Waals surface area contributed by atoms with E-state index in [4.69, 9.17) is 5.11 Å². The van der Waals surface area contributed by atoms with Crippen LogP contribution < -0.4 is 0 Å². The number of hydrogen-bond donors (Lipinski definition) is 1. The van der Waals surface area contributed by atoms with Crippen LogP contribution in [0, 0.1) is 6.92 Å². The van der Waals surface area contributed by atoms with Gasteiger partial charge in [0.2, 0.25) is 0 Å². The Balaban J connectivity index is 2.17. The van der Waals surface area contributed by atoms with E-state index in [2.05, 4.69) is 0 Å². The van der Waals surface area contributed by atoms with E-state index in [0.717, 1.165) is 27.8 Å². The van der Waals surface area contributed by atoms with E-state index in [1.165, 1.54) is 0 Å². The van der Waals surface area contributed by atoms with Crippen LogP contribution in [0.2, 0.25) is 0 Å². The predicted molar refractivity (Wildman–Crippen MR) is 76.1 cm³/mol. The molecule has 2 rings (SSSR count). The number of thioether (sulfide) groups is 1. The molecule has 1 aromatic carbocycles. The SMILES string of the molecule is Cc1cccc(/C=C2\SC(=O)N(CCC(=O)O)C2=O)c1. The first-order chi connectivity index (χ1) is 9.47. The van der Waals surface area contributed by atoms with Crippen LogP contribution in [-0.2, 0) is 9.59 Å². The molecule has 0 aromatic heterocycles. The first-order valence-electron chi connectivity index (χ1n) is 6.01. The van der Waals surface area contributed by atoms with E-state index in [9.17, 15) is 14.4 Å². The van der Waals surface area contributed by atoms with Gasteiger partial charge in [-0.15, -0.1) is 0 Å². The molecule has 1 N–H and O–H groups in total. The van der Waals surface area contributed by atoms with Gasteiger partial charge in [-0.2, -0.15) is 0 Å². The summed E-state index contributed by atoms with van der Waals surface area (Å²) < 4.78 is 0. The lowest BCUT2D eigenvalue weighted by Gasteiger charge is -2.09. The molecule has 0 atom stereocenters. The van der Waals surface area contributed by atoms with Crippen LogP contribution in [0.1, 0.15) is 17.5 Å². The number of aryl methyl sites for hydroxylation is 1. The summed E-state index contributed by atoms with van der Waals surface area (Å²) in [6.45, 7) is 1.85. The Labute approximate surface area is 120 Å². The summed E-state index contributed by atoms with van der Waals surface area (Å²) in [7, 11) is 0. The van der Waals surface area contributed by atoms with Crippen molar-refractivity contribution in [2.45, 2.75) is 13.3 Å². The normalized spacial score (nSPS) is 17.1. The summed E-state index contributed by atoms with van der Waals surface area (Å²) in [4.78, 5) is 35.5. The molecule has 0 saturated carbocycles. The van der Waals surface area contributed by atoms with Crippen molar-refractivity contribution in [2.75, 3.05) is 6.54 Å². The quantitative estimate of drug-likeness (QED) is 0.863. The van der Waals surface area contributed by atoms with Crippen LogP contribution in [0.4, 0.5) is 4.79 Å². The summed E-state index contributed by atoms with van der Waals surface area (Å²) in [5.41, 5.74) is 1.90. The van der Waals surface area contributed by atoms with Gasteiger partial charge in [-0.1, -0.05) is 29.8 Å². The number of carbonyl (C=O) groups excluding carboxylic acids is 2. The van der Waals surface area contributed by atoms with Crippen LogP contribution in [0.3, 0.4) is 0 Å². The summed E-state index contributed by atoms with van der Waals surface area (Å²) in [6, 6.07) is 7.56.